The first kappa shape index (κ1) is 13.4. The SMILES string of the molecule is O=C(c1cc(Cl)ccc1F)N1CCN2C(=O)CCC2C1. The van der Waals surface area contributed by atoms with E-state index in [1.54, 1.807) is 4.90 Å². The van der Waals surface area contributed by atoms with Crippen molar-refractivity contribution in [3.8, 4) is 0 Å². The summed E-state index contributed by atoms with van der Waals surface area (Å²) in [6.07, 6.45) is 1.30. The first-order valence-corrected chi connectivity index (χ1v) is 6.98. The molecule has 0 aliphatic carbocycles. The van der Waals surface area contributed by atoms with Gasteiger partial charge in [-0.1, -0.05) is 11.6 Å². The van der Waals surface area contributed by atoms with Crippen LogP contribution in [0.5, 0.6) is 0 Å². The molecule has 1 unspecified atom stereocenters. The summed E-state index contributed by atoms with van der Waals surface area (Å²) < 4.78 is 13.7. The summed E-state index contributed by atoms with van der Waals surface area (Å²) in [5, 5.41) is 0.337. The minimum absolute atomic E-state index is 0.00438. The van der Waals surface area contributed by atoms with Crippen LogP contribution in [-0.2, 0) is 4.79 Å². The molecule has 4 nitrogen and oxygen atoms in total. The van der Waals surface area contributed by atoms with E-state index < -0.39 is 5.82 Å². The topological polar surface area (TPSA) is 40.6 Å². The average molecular weight is 297 g/mol. The van der Waals surface area contributed by atoms with Crippen molar-refractivity contribution in [2.24, 2.45) is 0 Å². The van der Waals surface area contributed by atoms with E-state index in [1.165, 1.54) is 18.2 Å². The van der Waals surface area contributed by atoms with Crippen molar-refractivity contribution in [3.63, 3.8) is 0 Å². The highest BCUT2D eigenvalue weighted by Gasteiger charge is 2.37. The van der Waals surface area contributed by atoms with Crippen molar-refractivity contribution in [1.82, 2.24) is 9.80 Å². The minimum atomic E-state index is -0.565. The standard InChI is InChI=1S/C14H14ClFN2O2/c15-9-1-3-12(16)11(7-9)14(20)17-5-6-18-10(8-17)2-4-13(18)19/h1,3,7,10H,2,4-6,8H2. The number of amides is 2. The number of hydrogen-bond acceptors (Lipinski definition) is 2. The maximum atomic E-state index is 13.7. The Labute approximate surface area is 121 Å². The number of nitrogens with zero attached hydrogens (tertiary/aromatic N) is 2. The lowest BCUT2D eigenvalue weighted by Gasteiger charge is -2.37. The lowest BCUT2D eigenvalue weighted by molar-refractivity contribution is -0.130. The van der Waals surface area contributed by atoms with E-state index in [1.807, 2.05) is 4.90 Å². The van der Waals surface area contributed by atoms with Gasteiger partial charge in [-0.25, -0.2) is 4.39 Å². The van der Waals surface area contributed by atoms with Crippen molar-refractivity contribution >= 4 is 23.4 Å². The molecule has 0 bridgehead atoms. The molecule has 0 radical (unpaired) electrons. The number of benzene rings is 1. The number of carbonyl (C=O) groups excluding carboxylic acids is 2. The van der Waals surface area contributed by atoms with E-state index in [-0.39, 0.29) is 23.4 Å². The first-order chi connectivity index (χ1) is 9.56. The molecule has 20 heavy (non-hydrogen) atoms. The third-order valence-electron chi connectivity index (χ3n) is 3.94. The average Bonchev–Trinajstić information content (AvgIpc) is 2.82. The van der Waals surface area contributed by atoms with E-state index in [9.17, 15) is 14.0 Å². The third kappa shape index (κ3) is 2.26. The maximum Gasteiger partial charge on any atom is 0.257 e. The van der Waals surface area contributed by atoms with E-state index in [0.717, 1.165) is 6.42 Å². The Hall–Kier alpha value is -1.62. The van der Waals surface area contributed by atoms with Gasteiger partial charge in [-0.3, -0.25) is 9.59 Å². The highest BCUT2D eigenvalue weighted by Crippen LogP contribution is 2.24. The molecular formula is C14H14ClFN2O2. The molecule has 0 spiro atoms. The maximum absolute atomic E-state index is 13.7. The van der Waals surface area contributed by atoms with Gasteiger partial charge in [-0.05, 0) is 24.6 Å². The van der Waals surface area contributed by atoms with Crippen molar-refractivity contribution < 1.29 is 14.0 Å². The lowest BCUT2D eigenvalue weighted by atomic mass is 10.1. The van der Waals surface area contributed by atoms with Crippen LogP contribution in [0.1, 0.15) is 23.2 Å². The Bertz CT molecular complexity index is 578. The minimum Gasteiger partial charge on any atom is -0.336 e. The summed E-state index contributed by atoms with van der Waals surface area (Å²) in [6, 6.07) is 4.04. The molecule has 0 N–H and O–H groups in total. The molecule has 2 fully saturated rings. The van der Waals surface area contributed by atoms with Crippen LogP contribution in [0.15, 0.2) is 18.2 Å². The molecule has 2 heterocycles. The zero-order valence-electron chi connectivity index (χ0n) is 10.8. The Morgan fingerprint density at radius 1 is 1.35 bits per heavy atom. The zero-order valence-corrected chi connectivity index (χ0v) is 11.6. The van der Waals surface area contributed by atoms with Crippen molar-refractivity contribution in [1.29, 1.82) is 0 Å². The number of halogens is 2. The van der Waals surface area contributed by atoms with Gasteiger partial charge in [0.15, 0.2) is 0 Å². The van der Waals surface area contributed by atoms with Gasteiger partial charge in [0, 0.05) is 37.1 Å². The smallest absolute Gasteiger partial charge is 0.257 e. The van der Waals surface area contributed by atoms with Crippen LogP contribution in [0.4, 0.5) is 4.39 Å². The summed E-state index contributed by atoms with van der Waals surface area (Å²) in [4.78, 5) is 27.4. The Morgan fingerprint density at radius 3 is 2.95 bits per heavy atom. The molecule has 2 aliphatic heterocycles. The second kappa shape index (κ2) is 5.05. The normalized spacial score (nSPS) is 22.1. The quantitative estimate of drug-likeness (QED) is 0.794. The Kier molecular flexibility index (Phi) is 3.38. The van der Waals surface area contributed by atoms with Crippen LogP contribution < -0.4 is 0 Å². The summed E-state index contributed by atoms with van der Waals surface area (Å²) in [7, 11) is 0. The number of piperazine rings is 1. The van der Waals surface area contributed by atoms with Crippen LogP contribution in [-0.4, -0.2) is 47.3 Å². The summed E-state index contributed by atoms with van der Waals surface area (Å²) in [6.45, 7) is 1.43. The Balaban J connectivity index is 1.78. The van der Waals surface area contributed by atoms with Gasteiger partial charge in [0.25, 0.3) is 5.91 Å². The van der Waals surface area contributed by atoms with Gasteiger partial charge in [0.2, 0.25) is 5.91 Å². The summed E-state index contributed by atoms with van der Waals surface area (Å²) in [5.74, 6) is -0.774. The predicted molar refractivity (Wildman–Crippen MR) is 72.0 cm³/mol. The van der Waals surface area contributed by atoms with Crippen LogP contribution in [0.25, 0.3) is 0 Å². The molecule has 2 aliphatic rings. The first-order valence-electron chi connectivity index (χ1n) is 6.60. The van der Waals surface area contributed by atoms with Crippen LogP contribution in [0.3, 0.4) is 0 Å². The fourth-order valence-corrected chi connectivity index (χ4v) is 3.05. The zero-order chi connectivity index (χ0) is 14.3. The molecular weight excluding hydrogens is 283 g/mol. The molecule has 3 rings (SSSR count). The molecule has 1 aromatic rings. The van der Waals surface area contributed by atoms with Gasteiger partial charge in [0.1, 0.15) is 5.82 Å². The van der Waals surface area contributed by atoms with Gasteiger partial charge in [0.05, 0.1) is 5.56 Å². The predicted octanol–water partition coefficient (Wildman–Crippen LogP) is 1.93. The lowest BCUT2D eigenvalue weighted by Crippen LogP contribution is -2.53. The largest absolute Gasteiger partial charge is 0.336 e. The highest BCUT2D eigenvalue weighted by atomic mass is 35.5. The summed E-state index contributed by atoms with van der Waals surface area (Å²) >= 11 is 5.82. The molecule has 2 saturated heterocycles. The molecule has 106 valence electrons. The van der Waals surface area contributed by atoms with E-state index in [4.69, 9.17) is 11.6 Å². The molecule has 6 heteroatoms. The van der Waals surface area contributed by atoms with Gasteiger partial charge >= 0.3 is 0 Å². The van der Waals surface area contributed by atoms with Gasteiger partial charge < -0.3 is 9.80 Å². The number of fused-ring (bicyclic) bond motifs is 1. The molecule has 0 saturated carbocycles. The van der Waals surface area contributed by atoms with Crippen LogP contribution >= 0.6 is 11.6 Å². The van der Waals surface area contributed by atoms with Crippen molar-refractivity contribution in [3.05, 3.63) is 34.6 Å². The summed E-state index contributed by atoms with van der Waals surface area (Å²) in [5.41, 5.74) is -0.00438. The second-order valence-corrected chi connectivity index (χ2v) is 5.59. The third-order valence-corrected chi connectivity index (χ3v) is 4.18. The van der Waals surface area contributed by atoms with Crippen LogP contribution in [0.2, 0.25) is 5.02 Å². The second-order valence-electron chi connectivity index (χ2n) is 5.15. The van der Waals surface area contributed by atoms with Crippen molar-refractivity contribution in [2.75, 3.05) is 19.6 Å². The monoisotopic (exact) mass is 296 g/mol. The number of hydrogen-bond donors (Lipinski definition) is 0. The van der Waals surface area contributed by atoms with E-state index >= 15 is 0 Å². The van der Waals surface area contributed by atoms with Gasteiger partial charge in [-0.2, -0.15) is 0 Å². The molecule has 2 amide bonds. The van der Waals surface area contributed by atoms with E-state index in [0.29, 0.717) is 31.1 Å². The van der Waals surface area contributed by atoms with E-state index in [2.05, 4.69) is 0 Å². The van der Waals surface area contributed by atoms with Crippen LogP contribution in [0, 0.1) is 5.82 Å². The molecule has 1 aromatic carbocycles. The fourth-order valence-electron chi connectivity index (χ4n) is 2.88. The molecule has 1 atom stereocenters. The number of carbonyl (C=O) groups is 2. The number of rotatable bonds is 1. The fraction of sp³-hybridized carbons (Fsp3) is 0.429. The molecule has 0 aromatic heterocycles. The Morgan fingerprint density at radius 2 is 2.15 bits per heavy atom. The van der Waals surface area contributed by atoms with Gasteiger partial charge in [-0.15, -0.1) is 0 Å². The van der Waals surface area contributed by atoms with Crippen molar-refractivity contribution in [2.45, 2.75) is 18.9 Å². The highest BCUT2D eigenvalue weighted by molar-refractivity contribution is 6.31.